The Balaban J connectivity index is 1.85. The second-order valence-electron chi connectivity index (χ2n) is 5.80. The van der Waals surface area contributed by atoms with Crippen LogP contribution in [0.1, 0.15) is 11.1 Å². The quantitative estimate of drug-likeness (QED) is 0.512. The van der Waals surface area contributed by atoms with Crippen molar-refractivity contribution in [3.63, 3.8) is 0 Å². The molecule has 0 bridgehead atoms. The van der Waals surface area contributed by atoms with Gasteiger partial charge in [0.2, 0.25) is 5.75 Å². The lowest BCUT2D eigenvalue weighted by molar-refractivity contribution is -0.143. The molecule has 2 rings (SSSR count). The van der Waals surface area contributed by atoms with Crippen LogP contribution < -0.4 is 19.5 Å². The van der Waals surface area contributed by atoms with Crippen LogP contribution in [0.15, 0.2) is 42.5 Å². The molecular formula is C21H22FNO6. The summed E-state index contributed by atoms with van der Waals surface area (Å²) in [7, 11) is 4.50. The number of nitrogens with one attached hydrogen (secondary N) is 1. The Hall–Kier alpha value is -3.55. The smallest absolute Gasteiger partial charge is 0.331 e. The molecule has 0 saturated heterocycles. The predicted octanol–water partition coefficient (Wildman–Crippen LogP) is 2.72. The van der Waals surface area contributed by atoms with Crippen LogP contribution in [-0.2, 0) is 20.9 Å². The first-order valence-electron chi connectivity index (χ1n) is 8.62. The number of hydrogen-bond donors (Lipinski definition) is 1. The Bertz CT molecular complexity index is 854. The molecule has 29 heavy (non-hydrogen) atoms. The highest BCUT2D eigenvalue weighted by molar-refractivity contribution is 5.89. The molecule has 1 N–H and O–H groups in total. The second-order valence-corrected chi connectivity index (χ2v) is 5.80. The molecule has 0 heterocycles. The van der Waals surface area contributed by atoms with E-state index in [2.05, 4.69) is 5.32 Å². The molecule has 0 saturated carbocycles. The Morgan fingerprint density at radius 1 is 1.00 bits per heavy atom. The van der Waals surface area contributed by atoms with Crippen LogP contribution in [0.3, 0.4) is 0 Å². The molecule has 0 radical (unpaired) electrons. The fraction of sp³-hybridized carbons (Fsp3) is 0.238. The SMILES string of the molecule is COc1cc(CNC(=O)COC(=O)/C=C/c2ccc(F)cc2)cc(OC)c1OC. The molecule has 0 unspecified atom stereocenters. The third-order valence-corrected chi connectivity index (χ3v) is 3.84. The van der Waals surface area contributed by atoms with E-state index < -0.39 is 18.5 Å². The number of hydrogen-bond acceptors (Lipinski definition) is 6. The van der Waals surface area contributed by atoms with Crippen molar-refractivity contribution in [3.8, 4) is 17.2 Å². The standard InChI is InChI=1S/C21H22FNO6/c1-26-17-10-15(11-18(27-2)21(17)28-3)12-23-19(24)13-29-20(25)9-6-14-4-7-16(22)8-5-14/h4-11H,12-13H2,1-3H3,(H,23,24)/b9-6+. The molecule has 2 aromatic carbocycles. The minimum Gasteiger partial charge on any atom is -0.493 e. The van der Waals surface area contributed by atoms with Crippen LogP contribution >= 0.6 is 0 Å². The summed E-state index contributed by atoms with van der Waals surface area (Å²) in [6.07, 6.45) is 2.63. The molecule has 0 aromatic heterocycles. The lowest BCUT2D eigenvalue weighted by Gasteiger charge is -2.14. The summed E-state index contributed by atoms with van der Waals surface area (Å²) in [5.74, 6) is -0.137. The zero-order valence-electron chi connectivity index (χ0n) is 16.4. The normalized spacial score (nSPS) is 10.5. The van der Waals surface area contributed by atoms with Crippen LogP contribution in [0.25, 0.3) is 6.08 Å². The third-order valence-electron chi connectivity index (χ3n) is 3.84. The highest BCUT2D eigenvalue weighted by atomic mass is 19.1. The lowest BCUT2D eigenvalue weighted by Crippen LogP contribution is -2.28. The summed E-state index contributed by atoms with van der Waals surface area (Å²) in [4.78, 5) is 23.6. The highest BCUT2D eigenvalue weighted by Gasteiger charge is 2.14. The van der Waals surface area contributed by atoms with E-state index in [1.807, 2.05) is 0 Å². The predicted molar refractivity (Wildman–Crippen MR) is 104 cm³/mol. The van der Waals surface area contributed by atoms with Crippen LogP contribution in [-0.4, -0.2) is 39.8 Å². The molecule has 0 fully saturated rings. The number of esters is 1. The number of halogens is 1. The number of ether oxygens (including phenoxy) is 4. The van der Waals surface area contributed by atoms with Crippen molar-refractivity contribution < 1.29 is 32.9 Å². The van der Waals surface area contributed by atoms with E-state index in [0.717, 1.165) is 5.56 Å². The molecule has 0 spiro atoms. The van der Waals surface area contributed by atoms with Gasteiger partial charge in [0.1, 0.15) is 5.82 Å². The van der Waals surface area contributed by atoms with E-state index in [1.165, 1.54) is 57.7 Å². The van der Waals surface area contributed by atoms with Crippen molar-refractivity contribution in [2.24, 2.45) is 0 Å². The summed E-state index contributed by atoms with van der Waals surface area (Å²) >= 11 is 0. The van der Waals surface area contributed by atoms with Gasteiger partial charge in [-0.1, -0.05) is 12.1 Å². The van der Waals surface area contributed by atoms with Gasteiger partial charge in [0.15, 0.2) is 18.1 Å². The molecule has 154 valence electrons. The molecule has 7 nitrogen and oxygen atoms in total. The van der Waals surface area contributed by atoms with E-state index >= 15 is 0 Å². The van der Waals surface area contributed by atoms with Crippen molar-refractivity contribution >= 4 is 18.0 Å². The summed E-state index contributed by atoms with van der Waals surface area (Å²) in [6.45, 7) is -0.254. The molecule has 0 atom stereocenters. The van der Waals surface area contributed by atoms with Crippen LogP contribution in [0.5, 0.6) is 17.2 Å². The maximum atomic E-state index is 12.8. The van der Waals surface area contributed by atoms with Gasteiger partial charge in [-0.3, -0.25) is 4.79 Å². The first kappa shape index (κ1) is 21.7. The van der Waals surface area contributed by atoms with Crippen LogP contribution in [0, 0.1) is 5.82 Å². The lowest BCUT2D eigenvalue weighted by atomic mass is 10.1. The van der Waals surface area contributed by atoms with E-state index in [9.17, 15) is 14.0 Å². The number of carbonyl (C=O) groups is 2. The zero-order valence-corrected chi connectivity index (χ0v) is 16.4. The Morgan fingerprint density at radius 3 is 2.17 bits per heavy atom. The first-order chi connectivity index (χ1) is 14.0. The number of amides is 1. The molecule has 8 heteroatoms. The van der Waals surface area contributed by atoms with Crippen molar-refractivity contribution in [3.05, 3.63) is 59.4 Å². The molecular weight excluding hydrogens is 381 g/mol. The largest absolute Gasteiger partial charge is 0.493 e. The molecule has 1 amide bonds. The van der Waals surface area contributed by atoms with Gasteiger partial charge in [-0.25, -0.2) is 9.18 Å². The van der Waals surface area contributed by atoms with E-state index in [1.54, 1.807) is 12.1 Å². The van der Waals surface area contributed by atoms with E-state index in [4.69, 9.17) is 18.9 Å². The van der Waals surface area contributed by atoms with Gasteiger partial charge in [0.05, 0.1) is 21.3 Å². The molecule has 2 aromatic rings. The zero-order chi connectivity index (χ0) is 21.2. The van der Waals surface area contributed by atoms with Crippen molar-refractivity contribution in [1.29, 1.82) is 0 Å². The molecule has 0 aliphatic heterocycles. The maximum Gasteiger partial charge on any atom is 0.331 e. The maximum absolute atomic E-state index is 12.8. The molecule has 0 aliphatic rings. The van der Waals surface area contributed by atoms with Gasteiger partial charge in [0.25, 0.3) is 5.91 Å². The van der Waals surface area contributed by atoms with Gasteiger partial charge < -0.3 is 24.3 Å². The number of rotatable bonds is 9. The third kappa shape index (κ3) is 6.53. The van der Waals surface area contributed by atoms with Crippen LogP contribution in [0.4, 0.5) is 4.39 Å². The first-order valence-corrected chi connectivity index (χ1v) is 8.62. The van der Waals surface area contributed by atoms with Crippen molar-refractivity contribution in [2.75, 3.05) is 27.9 Å². The van der Waals surface area contributed by atoms with Gasteiger partial charge in [-0.2, -0.15) is 0 Å². The molecule has 0 aliphatic carbocycles. The Morgan fingerprint density at radius 2 is 1.62 bits per heavy atom. The Labute approximate surface area is 168 Å². The topological polar surface area (TPSA) is 83.1 Å². The summed E-state index contributed by atoms with van der Waals surface area (Å²) in [5, 5.41) is 2.64. The average molecular weight is 403 g/mol. The minimum atomic E-state index is -0.683. The summed E-state index contributed by atoms with van der Waals surface area (Å²) in [6, 6.07) is 9.01. The minimum absolute atomic E-state index is 0.179. The number of carbonyl (C=O) groups excluding carboxylic acids is 2. The van der Waals surface area contributed by atoms with Gasteiger partial charge >= 0.3 is 5.97 Å². The van der Waals surface area contributed by atoms with E-state index in [-0.39, 0.29) is 12.4 Å². The monoisotopic (exact) mass is 403 g/mol. The van der Waals surface area contributed by atoms with Crippen LogP contribution in [0.2, 0.25) is 0 Å². The highest BCUT2D eigenvalue weighted by Crippen LogP contribution is 2.38. The van der Waals surface area contributed by atoms with Crippen molar-refractivity contribution in [2.45, 2.75) is 6.54 Å². The Kier molecular flexibility index (Phi) is 8.02. The fourth-order valence-corrected chi connectivity index (χ4v) is 2.41. The van der Waals surface area contributed by atoms with Crippen molar-refractivity contribution in [1.82, 2.24) is 5.32 Å². The summed E-state index contributed by atoms with van der Waals surface area (Å²) < 4.78 is 33.5. The number of methoxy groups -OCH3 is 3. The second kappa shape index (κ2) is 10.7. The van der Waals surface area contributed by atoms with E-state index in [0.29, 0.717) is 22.8 Å². The summed E-state index contributed by atoms with van der Waals surface area (Å²) in [5.41, 5.74) is 1.35. The van der Waals surface area contributed by atoms with Gasteiger partial charge in [0, 0.05) is 12.6 Å². The number of benzene rings is 2. The van der Waals surface area contributed by atoms with Gasteiger partial charge in [-0.05, 0) is 41.5 Å². The average Bonchev–Trinajstić information content (AvgIpc) is 2.74. The van der Waals surface area contributed by atoms with Gasteiger partial charge in [-0.15, -0.1) is 0 Å². The fourth-order valence-electron chi connectivity index (χ4n) is 2.41.